The van der Waals surface area contributed by atoms with Gasteiger partial charge in [-0.15, -0.1) is 11.8 Å². The van der Waals surface area contributed by atoms with Crippen molar-refractivity contribution in [3.8, 4) is 0 Å². The molecule has 0 saturated heterocycles. The summed E-state index contributed by atoms with van der Waals surface area (Å²) in [5, 5.41) is 9.58. The lowest BCUT2D eigenvalue weighted by Gasteiger charge is -2.39. The summed E-state index contributed by atoms with van der Waals surface area (Å²) in [6, 6.07) is 1.91. The Morgan fingerprint density at radius 2 is 2.04 bits per heavy atom. The second-order valence-electron chi connectivity index (χ2n) is 8.09. The highest BCUT2D eigenvalue weighted by atomic mass is 32.2. The molecular formula is C18H27N3O3S. The van der Waals surface area contributed by atoms with Crippen LogP contribution in [0.4, 0.5) is 5.82 Å². The fourth-order valence-corrected chi connectivity index (χ4v) is 5.13. The molecule has 2 bridgehead atoms. The third kappa shape index (κ3) is 3.43. The van der Waals surface area contributed by atoms with E-state index in [1.54, 1.807) is 13.0 Å². The minimum atomic E-state index is -0.181. The number of anilines is 1. The number of carbonyl (C=O) groups is 2. The molecule has 3 atom stereocenters. The summed E-state index contributed by atoms with van der Waals surface area (Å²) in [4.78, 5) is 24.1. The third-order valence-electron chi connectivity index (χ3n) is 6.49. The molecule has 2 saturated carbocycles. The first-order chi connectivity index (χ1) is 11.7. The number of aromatic nitrogens is 1. The molecule has 0 radical (unpaired) electrons. The van der Waals surface area contributed by atoms with Gasteiger partial charge >= 0.3 is 0 Å². The fourth-order valence-electron chi connectivity index (χ4n) is 4.50. The molecule has 2 aliphatic carbocycles. The molecule has 1 aromatic rings. The quantitative estimate of drug-likeness (QED) is 0.810. The van der Waals surface area contributed by atoms with E-state index in [1.165, 1.54) is 24.6 Å². The smallest absolute Gasteiger partial charge is 0.235 e. The Morgan fingerprint density at radius 1 is 1.32 bits per heavy atom. The maximum atomic E-state index is 12.3. The van der Waals surface area contributed by atoms with E-state index >= 15 is 0 Å². The Bertz CT molecular complexity index is 672. The van der Waals surface area contributed by atoms with Crippen LogP contribution in [0.15, 0.2) is 10.6 Å². The number of nitrogens with zero attached hydrogens (tertiary/aromatic N) is 1. The normalized spacial score (nSPS) is 29.6. The molecule has 2 amide bonds. The number of amides is 2. The van der Waals surface area contributed by atoms with Crippen LogP contribution in [0.3, 0.4) is 0 Å². The van der Waals surface area contributed by atoms with Crippen molar-refractivity contribution in [2.24, 2.45) is 16.7 Å². The SMILES string of the molecule is Cc1cc(NC(=O)CSCC(=O)NC2CC3CCC2(C)C3(C)C)no1. The van der Waals surface area contributed by atoms with Gasteiger partial charge in [0, 0.05) is 12.1 Å². The molecule has 2 N–H and O–H groups in total. The van der Waals surface area contributed by atoms with Gasteiger partial charge in [0.25, 0.3) is 0 Å². The Kier molecular flexibility index (Phi) is 4.88. The first-order valence-electron chi connectivity index (χ1n) is 8.82. The number of aryl methyl sites for hydroxylation is 1. The zero-order valence-electron chi connectivity index (χ0n) is 15.3. The van der Waals surface area contributed by atoms with Crippen LogP contribution >= 0.6 is 11.8 Å². The Labute approximate surface area is 152 Å². The van der Waals surface area contributed by atoms with Crippen LogP contribution in [0.25, 0.3) is 0 Å². The monoisotopic (exact) mass is 365 g/mol. The highest BCUT2D eigenvalue weighted by Crippen LogP contribution is 2.65. The largest absolute Gasteiger partial charge is 0.360 e. The zero-order valence-corrected chi connectivity index (χ0v) is 16.2. The summed E-state index contributed by atoms with van der Waals surface area (Å²) in [6.07, 6.45) is 3.53. The van der Waals surface area contributed by atoms with E-state index in [2.05, 4.69) is 36.6 Å². The van der Waals surface area contributed by atoms with Gasteiger partial charge in [0.15, 0.2) is 5.82 Å². The van der Waals surface area contributed by atoms with E-state index in [-0.39, 0.29) is 34.4 Å². The van der Waals surface area contributed by atoms with Crippen LogP contribution in [0.2, 0.25) is 0 Å². The van der Waals surface area contributed by atoms with Crippen molar-refractivity contribution in [3.05, 3.63) is 11.8 Å². The van der Waals surface area contributed by atoms with Gasteiger partial charge in [0.2, 0.25) is 11.8 Å². The lowest BCUT2D eigenvalue weighted by molar-refractivity contribution is -0.120. The van der Waals surface area contributed by atoms with E-state index in [4.69, 9.17) is 4.52 Å². The molecule has 7 heteroatoms. The fraction of sp³-hybridized carbons (Fsp3) is 0.722. The molecule has 138 valence electrons. The van der Waals surface area contributed by atoms with Crippen molar-refractivity contribution in [1.82, 2.24) is 10.5 Å². The molecule has 2 aliphatic rings. The van der Waals surface area contributed by atoms with Crippen molar-refractivity contribution in [3.63, 3.8) is 0 Å². The van der Waals surface area contributed by atoms with Crippen molar-refractivity contribution >= 4 is 29.4 Å². The van der Waals surface area contributed by atoms with Gasteiger partial charge in [-0.25, -0.2) is 0 Å². The van der Waals surface area contributed by atoms with E-state index < -0.39 is 0 Å². The lowest BCUT2D eigenvalue weighted by atomic mass is 9.69. The topological polar surface area (TPSA) is 84.2 Å². The van der Waals surface area contributed by atoms with Crippen molar-refractivity contribution in [2.45, 2.75) is 53.0 Å². The predicted molar refractivity (Wildman–Crippen MR) is 98.4 cm³/mol. The van der Waals surface area contributed by atoms with E-state index in [0.717, 1.165) is 6.42 Å². The second-order valence-corrected chi connectivity index (χ2v) is 9.08. The highest BCUT2D eigenvalue weighted by Gasteiger charge is 2.61. The second kappa shape index (κ2) is 6.67. The number of hydrogen-bond donors (Lipinski definition) is 2. The number of carbonyl (C=O) groups excluding carboxylic acids is 2. The molecule has 0 aliphatic heterocycles. The summed E-state index contributed by atoms with van der Waals surface area (Å²) >= 11 is 1.32. The summed E-state index contributed by atoms with van der Waals surface area (Å²) in [5.41, 5.74) is 0.466. The minimum Gasteiger partial charge on any atom is -0.360 e. The van der Waals surface area contributed by atoms with Gasteiger partial charge in [-0.1, -0.05) is 25.9 Å². The average Bonchev–Trinajstić information content (AvgIpc) is 3.08. The van der Waals surface area contributed by atoms with E-state index in [0.29, 0.717) is 23.2 Å². The van der Waals surface area contributed by atoms with Crippen LogP contribution in [0.1, 0.15) is 45.8 Å². The number of nitrogens with one attached hydrogen (secondary N) is 2. The molecule has 6 nitrogen and oxygen atoms in total. The highest BCUT2D eigenvalue weighted by molar-refractivity contribution is 8.00. The lowest BCUT2D eigenvalue weighted by Crippen LogP contribution is -2.47. The minimum absolute atomic E-state index is 0.0182. The van der Waals surface area contributed by atoms with Gasteiger partial charge in [0.05, 0.1) is 11.5 Å². The maximum absolute atomic E-state index is 12.3. The third-order valence-corrected chi connectivity index (χ3v) is 7.42. The number of fused-ring (bicyclic) bond motifs is 2. The molecule has 25 heavy (non-hydrogen) atoms. The van der Waals surface area contributed by atoms with E-state index in [1.807, 2.05) is 0 Å². The van der Waals surface area contributed by atoms with Crippen LogP contribution in [0, 0.1) is 23.7 Å². The van der Waals surface area contributed by atoms with E-state index in [9.17, 15) is 9.59 Å². The molecule has 0 spiro atoms. The van der Waals surface area contributed by atoms with Gasteiger partial charge < -0.3 is 15.2 Å². The molecule has 3 rings (SSSR count). The molecule has 0 aromatic carbocycles. The summed E-state index contributed by atoms with van der Waals surface area (Å²) in [5.74, 6) is 2.10. The van der Waals surface area contributed by atoms with Crippen molar-refractivity contribution in [2.75, 3.05) is 16.8 Å². The Hall–Kier alpha value is -1.50. The zero-order chi connectivity index (χ0) is 18.2. The Balaban J connectivity index is 1.41. The van der Waals surface area contributed by atoms with Crippen LogP contribution in [-0.2, 0) is 9.59 Å². The predicted octanol–water partition coefficient (Wildman–Crippen LogP) is 2.99. The average molecular weight is 365 g/mol. The Morgan fingerprint density at radius 3 is 2.60 bits per heavy atom. The van der Waals surface area contributed by atoms with Gasteiger partial charge in [-0.05, 0) is 42.9 Å². The molecule has 3 unspecified atom stereocenters. The molecular weight excluding hydrogens is 338 g/mol. The molecule has 2 fully saturated rings. The first kappa shape index (κ1) is 18.3. The molecule has 1 aromatic heterocycles. The molecule has 1 heterocycles. The summed E-state index contributed by atoms with van der Waals surface area (Å²) in [6.45, 7) is 8.74. The van der Waals surface area contributed by atoms with Crippen LogP contribution < -0.4 is 10.6 Å². The van der Waals surface area contributed by atoms with Crippen molar-refractivity contribution < 1.29 is 14.1 Å². The number of hydrogen-bond acceptors (Lipinski definition) is 5. The summed E-state index contributed by atoms with van der Waals surface area (Å²) in [7, 11) is 0. The van der Waals surface area contributed by atoms with Gasteiger partial charge in [-0.2, -0.15) is 0 Å². The first-order valence-corrected chi connectivity index (χ1v) is 9.98. The maximum Gasteiger partial charge on any atom is 0.235 e. The van der Waals surface area contributed by atoms with Gasteiger partial charge in [-0.3, -0.25) is 9.59 Å². The standard InChI is InChI=1S/C18H27N3O3S/c1-11-7-14(21-24-11)20-16(23)10-25-9-15(22)19-13-8-12-5-6-18(13,4)17(12,2)3/h7,12-13H,5-6,8-10H2,1-4H3,(H,19,22)(H,20,21,23). The number of rotatable bonds is 6. The number of thioether (sulfide) groups is 1. The summed E-state index contributed by atoms with van der Waals surface area (Å²) < 4.78 is 4.90. The van der Waals surface area contributed by atoms with Crippen LogP contribution in [0.5, 0.6) is 0 Å². The van der Waals surface area contributed by atoms with Crippen LogP contribution in [-0.4, -0.2) is 34.5 Å². The van der Waals surface area contributed by atoms with Crippen molar-refractivity contribution in [1.29, 1.82) is 0 Å². The van der Waals surface area contributed by atoms with Gasteiger partial charge in [0.1, 0.15) is 5.76 Å².